The Balaban J connectivity index is 2.25. The third-order valence-corrected chi connectivity index (χ3v) is 2.85. The third kappa shape index (κ3) is 2.08. The molecule has 1 N–H and O–H groups in total. The number of hydrogen-bond acceptors (Lipinski definition) is 4. The standard InChI is InChI=1S/C11H14N2O3/c1-7-5-10(7)12-9-4-3-8(16-2)6-11(9)13(14)15/h3-4,6-7,10,12H,5H2,1-2H3. The molecule has 5 nitrogen and oxygen atoms in total. The van der Waals surface area contributed by atoms with E-state index in [1.165, 1.54) is 13.2 Å². The normalized spacial score (nSPS) is 22.6. The van der Waals surface area contributed by atoms with Crippen LogP contribution in [0.1, 0.15) is 13.3 Å². The van der Waals surface area contributed by atoms with Crippen LogP contribution in [0.4, 0.5) is 11.4 Å². The van der Waals surface area contributed by atoms with E-state index in [-0.39, 0.29) is 5.69 Å². The Labute approximate surface area is 93.6 Å². The maximum atomic E-state index is 10.9. The summed E-state index contributed by atoms with van der Waals surface area (Å²) in [7, 11) is 1.50. The van der Waals surface area contributed by atoms with Crippen molar-refractivity contribution >= 4 is 11.4 Å². The van der Waals surface area contributed by atoms with Gasteiger partial charge in [0.1, 0.15) is 11.4 Å². The second-order valence-electron chi connectivity index (χ2n) is 4.10. The molecule has 0 saturated heterocycles. The highest BCUT2D eigenvalue weighted by molar-refractivity contribution is 5.64. The predicted octanol–water partition coefficient (Wildman–Crippen LogP) is 2.42. The van der Waals surface area contributed by atoms with Crippen LogP contribution >= 0.6 is 0 Å². The van der Waals surface area contributed by atoms with Gasteiger partial charge in [-0.15, -0.1) is 0 Å². The molecule has 0 radical (unpaired) electrons. The van der Waals surface area contributed by atoms with Gasteiger partial charge in [-0.05, 0) is 24.5 Å². The van der Waals surface area contributed by atoms with Crippen molar-refractivity contribution in [2.75, 3.05) is 12.4 Å². The van der Waals surface area contributed by atoms with E-state index in [1.54, 1.807) is 12.1 Å². The number of nitrogens with zero attached hydrogens (tertiary/aromatic N) is 1. The molecule has 2 unspecified atom stereocenters. The van der Waals surface area contributed by atoms with Gasteiger partial charge in [0.25, 0.3) is 5.69 Å². The van der Waals surface area contributed by atoms with Gasteiger partial charge >= 0.3 is 0 Å². The first-order valence-electron chi connectivity index (χ1n) is 5.21. The number of benzene rings is 1. The van der Waals surface area contributed by atoms with Crippen molar-refractivity contribution in [2.45, 2.75) is 19.4 Å². The fourth-order valence-electron chi connectivity index (χ4n) is 1.63. The van der Waals surface area contributed by atoms with Crippen LogP contribution in [0.3, 0.4) is 0 Å². The number of nitrogens with one attached hydrogen (secondary N) is 1. The molecule has 0 spiro atoms. The monoisotopic (exact) mass is 222 g/mol. The van der Waals surface area contributed by atoms with Crippen LogP contribution in [-0.4, -0.2) is 18.1 Å². The zero-order chi connectivity index (χ0) is 11.7. The van der Waals surface area contributed by atoms with Gasteiger partial charge in [-0.1, -0.05) is 6.92 Å². The Morgan fingerprint density at radius 3 is 2.75 bits per heavy atom. The summed E-state index contributed by atoms with van der Waals surface area (Å²) in [6.45, 7) is 2.12. The number of methoxy groups -OCH3 is 1. The molecule has 1 aliphatic carbocycles. The predicted molar refractivity (Wildman–Crippen MR) is 60.8 cm³/mol. The summed E-state index contributed by atoms with van der Waals surface area (Å²) in [5, 5.41) is 14.1. The van der Waals surface area contributed by atoms with Crippen LogP contribution < -0.4 is 10.1 Å². The van der Waals surface area contributed by atoms with E-state index in [0.29, 0.717) is 23.4 Å². The molecule has 0 bridgehead atoms. The van der Waals surface area contributed by atoms with Crippen LogP contribution in [-0.2, 0) is 0 Å². The minimum atomic E-state index is -0.391. The largest absolute Gasteiger partial charge is 0.496 e. The molecular weight excluding hydrogens is 208 g/mol. The molecule has 1 aliphatic rings. The first-order valence-corrected chi connectivity index (χ1v) is 5.21. The lowest BCUT2D eigenvalue weighted by atomic mass is 10.2. The molecule has 0 heterocycles. The quantitative estimate of drug-likeness (QED) is 0.627. The molecule has 2 atom stereocenters. The van der Waals surface area contributed by atoms with Crippen LogP contribution in [0.25, 0.3) is 0 Å². The van der Waals surface area contributed by atoms with Gasteiger partial charge < -0.3 is 10.1 Å². The Morgan fingerprint density at radius 2 is 2.25 bits per heavy atom. The minimum absolute atomic E-state index is 0.0680. The average Bonchev–Trinajstić information content (AvgIpc) is 2.94. The van der Waals surface area contributed by atoms with Crippen molar-refractivity contribution in [3.05, 3.63) is 28.3 Å². The number of ether oxygens (including phenoxy) is 1. The number of nitro benzene ring substituents is 1. The van der Waals surface area contributed by atoms with Gasteiger partial charge in [-0.3, -0.25) is 10.1 Å². The number of anilines is 1. The topological polar surface area (TPSA) is 64.4 Å². The Hall–Kier alpha value is -1.78. The lowest BCUT2D eigenvalue weighted by Gasteiger charge is -2.07. The van der Waals surface area contributed by atoms with Crippen molar-refractivity contribution in [1.82, 2.24) is 0 Å². The smallest absolute Gasteiger partial charge is 0.296 e. The molecule has 0 amide bonds. The van der Waals surface area contributed by atoms with E-state index >= 15 is 0 Å². The highest BCUT2D eigenvalue weighted by Gasteiger charge is 2.33. The Kier molecular flexibility index (Phi) is 2.68. The molecule has 1 fully saturated rings. The number of hydrogen-bond donors (Lipinski definition) is 1. The molecule has 1 saturated carbocycles. The van der Waals surface area contributed by atoms with Gasteiger partial charge in [0.2, 0.25) is 0 Å². The van der Waals surface area contributed by atoms with Gasteiger partial charge in [0.15, 0.2) is 0 Å². The molecule has 16 heavy (non-hydrogen) atoms. The molecule has 0 aromatic heterocycles. The van der Waals surface area contributed by atoms with Gasteiger partial charge in [-0.25, -0.2) is 0 Å². The SMILES string of the molecule is COc1ccc(NC2CC2C)c([N+](=O)[O-])c1. The van der Waals surface area contributed by atoms with Gasteiger partial charge in [-0.2, -0.15) is 0 Å². The van der Waals surface area contributed by atoms with Crippen LogP contribution in [0.2, 0.25) is 0 Å². The van der Waals surface area contributed by atoms with Crippen molar-refractivity contribution in [3.63, 3.8) is 0 Å². The van der Waals surface area contributed by atoms with E-state index < -0.39 is 4.92 Å². The van der Waals surface area contributed by atoms with E-state index in [9.17, 15) is 10.1 Å². The molecular formula is C11H14N2O3. The minimum Gasteiger partial charge on any atom is -0.496 e. The van der Waals surface area contributed by atoms with Crippen LogP contribution in [0, 0.1) is 16.0 Å². The first kappa shape index (κ1) is 10.7. The maximum absolute atomic E-state index is 10.9. The highest BCUT2D eigenvalue weighted by atomic mass is 16.6. The van der Waals surface area contributed by atoms with Crippen molar-refractivity contribution < 1.29 is 9.66 Å². The third-order valence-electron chi connectivity index (χ3n) is 2.85. The molecule has 86 valence electrons. The van der Waals surface area contributed by atoms with Crippen molar-refractivity contribution in [3.8, 4) is 5.75 Å². The van der Waals surface area contributed by atoms with Crippen LogP contribution in [0.15, 0.2) is 18.2 Å². The lowest BCUT2D eigenvalue weighted by molar-refractivity contribution is -0.384. The summed E-state index contributed by atoms with van der Waals surface area (Å²) in [4.78, 5) is 10.5. The van der Waals surface area contributed by atoms with Crippen LogP contribution in [0.5, 0.6) is 5.75 Å². The Bertz CT molecular complexity index is 420. The second kappa shape index (κ2) is 4.00. The fraction of sp³-hybridized carbons (Fsp3) is 0.455. The van der Waals surface area contributed by atoms with E-state index in [0.717, 1.165) is 6.42 Å². The van der Waals surface area contributed by atoms with E-state index in [2.05, 4.69) is 12.2 Å². The number of nitro groups is 1. The Morgan fingerprint density at radius 1 is 1.56 bits per heavy atom. The summed E-state index contributed by atoms with van der Waals surface area (Å²) in [6.07, 6.45) is 1.07. The summed E-state index contributed by atoms with van der Waals surface area (Å²) in [5.41, 5.74) is 0.638. The number of rotatable bonds is 4. The summed E-state index contributed by atoms with van der Waals surface area (Å²) >= 11 is 0. The van der Waals surface area contributed by atoms with Crippen molar-refractivity contribution in [2.24, 2.45) is 5.92 Å². The molecule has 1 aromatic rings. The molecule has 1 aromatic carbocycles. The van der Waals surface area contributed by atoms with Gasteiger partial charge in [0, 0.05) is 6.04 Å². The van der Waals surface area contributed by atoms with E-state index in [1.807, 2.05) is 0 Å². The lowest BCUT2D eigenvalue weighted by Crippen LogP contribution is -2.06. The second-order valence-corrected chi connectivity index (χ2v) is 4.10. The fourth-order valence-corrected chi connectivity index (χ4v) is 1.63. The summed E-state index contributed by atoms with van der Waals surface area (Å²) < 4.78 is 4.97. The zero-order valence-electron chi connectivity index (χ0n) is 9.27. The van der Waals surface area contributed by atoms with E-state index in [4.69, 9.17) is 4.74 Å². The average molecular weight is 222 g/mol. The zero-order valence-corrected chi connectivity index (χ0v) is 9.27. The van der Waals surface area contributed by atoms with Gasteiger partial charge in [0.05, 0.1) is 18.1 Å². The summed E-state index contributed by atoms with van der Waals surface area (Å²) in [5.74, 6) is 1.10. The molecule has 0 aliphatic heterocycles. The maximum Gasteiger partial charge on any atom is 0.296 e. The van der Waals surface area contributed by atoms with Crippen molar-refractivity contribution in [1.29, 1.82) is 0 Å². The first-order chi connectivity index (χ1) is 7.61. The summed E-state index contributed by atoms with van der Waals surface area (Å²) in [6, 6.07) is 5.23. The molecule has 5 heteroatoms. The molecule has 2 rings (SSSR count). The highest BCUT2D eigenvalue weighted by Crippen LogP contribution is 2.36.